The molecule has 0 radical (unpaired) electrons. The number of carbonyl (C=O) groups excluding carboxylic acids is 1. The van der Waals surface area contributed by atoms with E-state index in [9.17, 15) is 9.59 Å². The second-order valence-corrected chi connectivity index (χ2v) is 2.61. The number of hydrogen-bond donors (Lipinski definition) is 1. The Morgan fingerprint density at radius 1 is 1.36 bits per heavy atom. The van der Waals surface area contributed by atoms with Crippen molar-refractivity contribution in [3.8, 4) is 0 Å². The van der Waals surface area contributed by atoms with E-state index < -0.39 is 5.69 Å². The van der Waals surface area contributed by atoms with Gasteiger partial charge in [0.2, 0.25) is 6.08 Å². The van der Waals surface area contributed by atoms with E-state index in [-0.39, 0.29) is 5.82 Å². The van der Waals surface area contributed by atoms with Gasteiger partial charge in [0, 0.05) is 5.39 Å². The number of para-hydroxylation sites is 1. The summed E-state index contributed by atoms with van der Waals surface area (Å²) in [4.78, 5) is 30.6. The first-order valence-electron chi connectivity index (χ1n) is 3.88. The number of fused-ring (bicyclic) bond motifs is 1. The molecule has 1 aromatic heterocycles. The van der Waals surface area contributed by atoms with Crippen molar-refractivity contribution in [2.75, 3.05) is 0 Å². The van der Waals surface area contributed by atoms with Crippen LogP contribution in [-0.4, -0.2) is 16.0 Å². The van der Waals surface area contributed by atoms with Crippen molar-refractivity contribution in [2.24, 2.45) is 4.99 Å². The molecule has 14 heavy (non-hydrogen) atoms. The average molecular weight is 187 g/mol. The molecule has 2 rings (SSSR count). The molecule has 68 valence electrons. The van der Waals surface area contributed by atoms with Crippen LogP contribution in [0.1, 0.15) is 0 Å². The van der Waals surface area contributed by atoms with E-state index in [4.69, 9.17) is 0 Å². The number of nitrogens with one attached hydrogen (secondary N) is 1. The van der Waals surface area contributed by atoms with Crippen molar-refractivity contribution < 1.29 is 4.79 Å². The van der Waals surface area contributed by atoms with Crippen LogP contribution in [0.25, 0.3) is 10.9 Å². The number of nitrogens with zero attached hydrogens (tertiary/aromatic N) is 2. The van der Waals surface area contributed by atoms with Crippen LogP contribution in [0.15, 0.2) is 34.1 Å². The Balaban J connectivity index is 2.93. The monoisotopic (exact) mass is 187 g/mol. The summed E-state index contributed by atoms with van der Waals surface area (Å²) in [5.41, 5.74) is -0.0250. The Hall–Kier alpha value is -2.26. The van der Waals surface area contributed by atoms with E-state index in [2.05, 4.69) is 15.0 Å². The minimum atomic E-state index is -0.530. The second kappa shape index (κ2) is 3.24. The fourth-order valence-corrected chi connectivity index (χ4v) is 1.21. The lowest BCUT2D eigenvalue weighted by Crippen LogP contribution is -2.09. The van der Waals surface area contributed by atoms with Gasteiger partial charge in [0.15, 0.2) is 5.82 Å². The molecular weight excluding hydrogens is 182 g/mol. The third kappa shape index (κ3) is 1.32. The quantitative estimate of drug-likeness (QED) is 0.532. The van der Waals surface area contributed by atoms with Gasteiger partial charge in [-0.3, -0.25) is 4.98 Å². The lowest BCUT2D eigenvalue weighted by Gasteiger charge is -1.97. The molecule has 0 spiro atoms. The summed E-state index contributed by atoms with van der Waals surface area (Å²) in [6.07, 6.45) is 1.38. The van der Waals surface area contributed by atoms with Gasteiger partial charge in [-0.15, -0.1) is 4.99 Å². The highest BCUT2D eigenvalue weighted by atomic mass is 16.1. The first kappa shape index (κ1) is 8.34. The minimum absolute atomic E-state index is 0.190. The molecule has 0 amide bonds. The van der Waals surface area contributed by atoms with Crippen LogP contribution >= 0.6 is 0 Å². The van der Waals surface area contributed by atoms with Gasteiger partial charge in [-0.25, -0.2) is 9.59 Å². The molecule has 0 aliphatic carbocycles. The van der Waals surface area contributed by atoms with E-state index in [1.54, 1.807) is 24.3 Å². The molecule has 1 heterocycles. The summed E-state index contributed by atoms with van der Waals surface area (Å²) in [5.74, 6) is 0.190. The number of aromatic amines is 1. The molecule has 5 nitrogen and oxygen atoms in total. The number of hydrogen-bond acceptors (Lipinski definition) is 4. The summed E-state index contributed by atoms with van der Waals surface area (Å²) in [6, 6.07) is 6.91. The van der Waals surface area contributed by atoms with Gasteiger partial charge in [0.05, 0.1) is 5.52 Å². The minimum Gasteiger partial charge on any atom is -0.289 e. The second-order valence-electron chi connectivity index (χ2n) is 2.61. The average Bonchev–Trinajstić information content (AvgIpc) is 2.18. The fourth-order valence-electron chi connectivity index (χ4n) is 1.21. The molecular formula is C9H5N3O2. The maximum Gasteiger partial charge on any atom is 0.347 e. The lowest BCUT2D eigenvalue weighted by molar-refractivity contribution is 0.565. The van der Waals surface area contributed by atoms with Crippen LogP contribution in [0.5, 0.6) is 0 Å². The molecule has 0 bridgehead atoms. The highest BCUT2D eigenvalue weighted by Gasteiger charge is 2.01. The molecule has 1 N–H and O–H groups in total. The van der Waals surface area contributed by atoms with Gasteiger partial charge in [0.1, 0.15) is 0 Å². The number of rotatable bonds is 1. The number of isocyanates is 1. The van der Waals surface area contributed by atoms with Gasteiger partial charge in [-0.05, 0) is 12.1 Å². The van der Waals surface area contributed by atoms with Crippen molar-refractivity contribution in [2.45, 2.75) is 0 Å². The van der Waals surface area contributed by atoms with E-state index >= 15 is 0 Å². The van der Waals surface area contributed by atoms with E-state index in [1.165, 1.54) is 6.08 Å². The number of aromatic nitrogens is 2. The van der Waals surface area contributed by atoms with E-state index in [0.29, 0.717) is 10.9 Å². The normalized spacial score (nSPS) is 9.71. The number of H-pyrrole nitrogens is 1. The third-order valence-electron chi connectivity index (χ3n) is 1.76. The highest BCUT2D eigenvalue weighted by molar-refractivity contribution is 5.87. The summed E-state index contributed by atoms with van der Waals surface area (Å²) < 4.78 is 0. The van der Waals surface area contributed by atoms with Gasteiger partial charge in [-0.2, -0.15) is 4.98 Å². The molecule has 0 fully saturated rings. The molecule has 0 aliphatic rings. The van der Waals surface area contributed by atoms with Gasteiger partial charge >= 0.3 is 5.69 Å². The van der Waals surface area contributed by atoms with Crippen molar-refractivity contribution in [1.82, 2.24) is 9.97 Å². The Morgan fingerprint density at radius 2 is 2.14 bits per heavy atom. The van der Waals surface area contributed by atoms with Gasteiger partial charge < -0.3 is 0 Å². The first-order chi connectivity index (χ1) is 6.81. The van der Waals surface area contributed by atoms with Crippen molar-refractivity contribution >= 4 is 22.8 Å². The predicted octanol–water partition coefficient (Wildman–Crippen LogP) is 0.890. The molecule has 1 aromatic carbocycles. The van der Waals surface area contributed by atoms with Crippen LogP contribution in [0.4, 0.5) is 5.82 Å². The standard InChI is InChI=1S/C9H5N3O2/c13-5-10-8-6-3-1-2-4-7(6)11-9(14)12-8/h1-4H,(H,11,12,14). The molecule has 2 aromatic rings. The van der Waals surface area contributed by atoms with Crippen LogP contribution < -0.4 is 5.69 Å². The third-order valence-corrected chi connectivity index (χ3v) is 1.76. The Morgan fingerprint density at radius 3 is 2.93 bits per heavy atom. The van der Waals surface area contributed by atoms with Crippen LogP contribution in [-0.2, 0) is 4.79 Å². The zero-order valence-corrected chi connectivity index (χ0v) is 7.02. The zero-order chi connectivity index (χ0) is 9.97. The maximum absolute atomic E-state index is 11.0. The molecule has 0 atom stereocenters. The Kier molecular flexibility index (Phi) is 1.93. The highest BCUT2D eigenvalue weighted by Crippen LogP contribution is 2.18. The van der Waals surface area contributed by atoms with Crippen LogP contribution in [0.2, 0.25) is 0 Å². The smallest absolute Gasteiger partial charge is 0.289 e. The summed E-state index contributed by atoms with van der Waals surface area (Å²) in [5, 5.41) is 0.621. The zero-order valence-electron chi connectivity index (χ0n) is 7.02. The molecule has 5 heteroatoms. The fraction of sp³-hybridized carbons (Fsp3) is 0. The topological polar surface area (TPSA) is 75.2 Å². The van der Waals surface area contributed by atoms with E-state index in [0.717, 1.165) is 0 Å². The van der Waals surface area contributed by atoms with Crippen molar-refractivity contribution in [3.05, 3.63) is 34.7 Å². The summed E-state index contributed by atoms with van der Waals surface area (Å²) in [6.45, 7) is 0. The summed E-state index contributed by atoms with van der Waals surface area (Å²) in [7, 11) is 0. The predicted molar refractivity (Wildman–Crippen MR) is 50.1 cm³/mol. The lowest BCUT2D eigenvalue weighted by atomic mass is 10.2. The molecule has 0 unspecified atom stereocenters. The Bertz CT molecular complexity index is 582. The maximum atomic E-state index is 11.0. The summed E-state index contributed by atoms with van der Waals surface area (Å²) >= 11 is 0. The number of benzene rings is 1. The number of aliphatic imine (C=N–C) groups is 1. The van der Waals surface area contributed by atoms with Crippen LogP contribution in [0, 0.1) is 0 Å². The van der Waals surface area contributed by atoms with Gasteiger partial charge in [0.25, 0.3) is 0 Å². The molecule has 0 aliphatic heterocycles. The first-order valence-corrected chi connectivity index (χ1v) is 3.88. The van der Waals surface area contributed by atoms with Crippen molar-refractivity contribution in [3.63, 3.8) is 0 Å². The molecule has 0 saturated heterocycles. The van der Waals surface area contributed by atoms with Crippen LogP contribution in [0.3, 0.4) is 0 Å². The van der Waals surface area contributed by atoms with Gasteiger partial charge in [-0.1, -0.05) is 12.1 Å². The van der Waals surface area contributed by atoms with E-state index in [1.807, 2.05) is 0 Å². The largest absolute Gasteiger partial charge is 0.347 e. The SMILES string of the molecule is O=C=Nc1[nH]c(=O)nc2ccccc12. The Labute approximate surface area is 78.1 Å². The van der Waals surface area contributed by atoms with Crippen molar-refractivity contribution in [1.29, 1.82) is 0 Å². The molecule has 0 saturated carbocycles.